The van der Waals surface area contributed by atoms with Crippen molar-refractivity contribution in [3.63, 3.8) is 0 Å². The molecule has 5 heteroatoms. The van der Waals surface area contributed by atoms with Crippen molar-refractivity contribution in [3.05, 3.63) is 24.3 Å². The first kappa shape index (κ1) is 17.1. The van der Waals surface area contributed by atoms with Crippen LogP contribution in [0.15, 0.2) is 24.3 Å². The van der Waals surface area contributed by atoms with Crippen LogP contribution in [0.4, 0.5) is 5.69 Å². The van der Waals surface area contributed by atoms with Gasteiger partial charge in [0.05, 0.1) is 12.8 Å². The third-order valence-electron chi connectivity index (χ3n) is 5.15. The summed E-state index contributed by atoms with van der Waals surface area (Å²) < 4.78 is 5.45. The molecular weight excluding hydrogens is 302 g/mol. The van der Waals surface area contributed by atoms with Crippen LogP contribution >= 0.6 is 0 Å². The molecule has 0 spiro atoms. The van der Waals surface area contributed by atoms with Gasteiger partial charge in [-0.05, 0) is 38.1 Å². The number of amides is 1. The van der Waals surface area contributed by atoms with E-state index < -0.39 is 0 Å². The Balaban J connectivity index is 1.46. The van der Waals surface area contributed by atoms with Crippen molar-refractivity contribution in [3.8, 4) is 5.75 Å². The summed E-state index contributed by atoms with van der Waals surface area (Å²) in [5.41, 5.74) is 1.13. The van der Waals surface area contributed by atoms with Gasteiger partial charge in [0.15, 0.2) is 0 Å². The van der Waals surface area contributed by atoms with Crippen LogP contribution in [0.1, 0.15) is 25.7 Å². The van der Waals surface area contributed by atoms with Gasteiger partial charge >= 0.3 is 0 Å². The molecule has 2 saturated heterocycles. The smallest absolute Gasteiger partial charge is 0.223 e. The Hall–Kier alpha value is -1.75. The molecule has 132 valence electrons. The van der Waals surface area contributed by atoms with E-state index in [0.717, 1.165) is 57.3 Å². The molecule has 3 rings (SSSR count). The topological polar surface area (TPSA) is 36.0 Å². The number of anilines is 1. The van der Waals surface area contributed by atoms with Gasteiger partial charge in [0.2, 0.25) is 5.91 Å². The van der Waals surface area contributed by atoms with Crippen LogP contribution < -0.4 is 9.64 Å². The third-order valence-corrected chi connectivity index (χ3v) is 5.15. The van der Waals surface area contributed by atoms with Crippen LogP contribution in [0.25, 0.3) is 0 Å². The van der Waals surface area contributed by atoms with Crippen molar-refractivity contribution in [2.75, 3.05) is 57.8 Å². The van der Waals surface area contributed by atoms with E-state index in [0.29, 0.717) is 12.3 Å². The second-order valence-corrected chi connectivity index (χ2v) is 6.69. The number of likely N-dealkylation sites (tertiary alicyclic amines) is 1. The zero-order chi connectivity index (χ0) is 16.8. The molecular formula is C19H29N3O2. The maximum Gasteiger partial charge on any atom is 0.223 e. The number of para-hydroxylation sites is 2. The Bertz CT molecular complexity index is 535. The normalized spacial score (nSPS) is 19.4. The van der Waals surface area contributed by atoms with Crippen molar-refractivity contribution < 1.29 is 9.53 Å². The summed E-state index contributed by atoms with van der Waals surface area (Å²) in [7, 11) is 1.71. The Morgan fingerprint density at radius 1 is 1.00 bits per heavy atom. The summed E-state index contributed by atoms with van der Waals surface area (Å²) >= 11 is 0. The first-order valence-electron chi connectivity index (χ1n) is 9.16. The molecule has 0 radical (unpaired) electrons. The molecule has 0 N–H and O–H groups in total. The first-order valence-corrected chi connectivity index (χ1v) is 9.16. The van der Waals surface area contributed by atoms with Gasteiger partial charge in [0, 0.05) is 39.1 Å². The Labute approximate surface area is 145 Å². The van der Waals surface area contributed by atoms with E-state index in [9.17, 15) is 4.79 Å². The summed E-state index contributed by atoms with van der Waals surface area (Å²) in [6.07, 6.45) is 4.57. The fraction of sp³-hybridized carbons (Fsp3) is 0.632. The monoisotopic (exact) mass is 331 g/mol. The molecule has 5 nitrogen and oxygen atoms in total. The van der Waals surface area contributed by atoms with Gasteiger partial charge in [-0.25, -0.2) is 0 Å². The van der Waals surface area contributed by atoms with Crippen molar-refractivity contribution in [1.29, 1.82) is 0 Å². The van der Waals surface area contributed by atoms with Crippen molar-refractivity contribution in [1.82, 2.24) is 9.80 Å². The van der Waals surface area contributed by atoms with Crippen LogP contribution in [-0.4, -0.2) is 68.6 Å². The first-order chi connectivity index (χ1) is 11.8. The maximum absolute atomic E-state index is 12.5. The maximum atomic E-state index is 12.5. The Kier molecular flexibility index (Phi) is 5.96. The third kappa shape index (κ3) is 4.20. The summed E-state index contributed by atoms with van der Waals surface area (Å²) in [4.78, 5) is 19.2. The largest absolute Gasteiger partial charge is 0.495 e. The van der Waals surface area contributed by atoms with E-state index in [4.69, 9.17) is 4.74 Å². The predicted molar refractivity (Wildman–Crippen MR) is 96.7 cm³/mol. The highest BCUT2D eigenvalue weighted by Crippen LogP contribution is 2.28. The van der Waals surface area contributed by atoms with Gasteiger partial charge in [-0.1, -0.05) is 18.6 Å². The minimum absolute atomic E-state index is 0.306. The fourth-order valence-electron chi connectivity index (χ4n) is 3.68. The van der Waals surface area contributed by atoms with Gasteiger partial charge in [-0.15, -0.1) is 0 Å². The molecule has 0 aliphatic carbocycles. The highest BCUT2D eigenvalue weighted by atomic mass is 16.5. The van der Waals surface area contributed by atoms with Gasteiger partial charge in [-0.2, -0.15) is 0 Å². The van der Waals surface area contributed by atoms with Gasteiger partial charge in [0.1, 0.15) is 5.75 Å². The average Bonchev–Trinajstić information content (AvgIpc) is 2.67. The Morgan fingerprint density at radius 3 is 2.42 bits per heavy atom. The molecule has 0 atom stereocenters. The number of piperidine rings is 1. The molecule has 0 unspecified atom stereocenters. The molecule has 2 aliphatic heterocycles. The van der Waals surface area contributed by atoms with Crippen LogP contribution in [0.5, 0.6) is 5.75 Å². The van der Waals surface area contributed by atoms with Crippen molar-refractivity contribution in [2.24, 2.45) is 0 Å². The molecule has 2 fully saturated rings. The lowest BCUT2D eigenvalue weighted by molar-refractivity contribution is -0.131. The number of benzene rings is 1. The van der Waals surface area contributed by atoms with E-state index in [1.54, 1.807) is 7.11 Å². The molecule has 2 heterocycles. The molecule has 2 aliphatic rings. The zero-order valence-electron chi connectivity index (χ0n) is 14.7. The Morgan fingerprint density at radius 2 is 1.71 bits per heavy atom. The van der Waals surface area contributed by atoms with E-state index in [-0.39, 0.29) is 0 Å². The number of hydrogen-bond acceptors (Lipinski definition) is 4. The van der Waals surface area contributed by atoms with E-state index >= 15 is 0 Å². The molecule has 1 amide bonds. The van der Waals surface area contributed by atoms with Crippen molar-refractivity contribution >= 4 is 11.6 Å². The van der Waals surface area contributed by atoms with Crippen LogP contribution in [0.3, 0.4) is 0 Å². The SMILES string of the molecule is COc1ccccc1N1CCN(C(=O)CCN2CCCCC2)CC1. The second-order valence-electron chi connectivity index (χ2n) is 6.69. The lowest BCUT2D eigenvalue weighted by Gasteiger charge is -2.37. The molecule has 0 saturated carbocycles. The fourth-order valence-corrected chi connectivity index (χ4v) is 3.68. The summed E-state index contributed by atoms with van der Waals surface area (Å²) in [5, 5.41) is 0. The molecule has 0 bridgehead atoms. The van der Waals surface area contributed by atoms with Gasteiger partial charge in [0.25, 0.3) is 0 Å². The molecule has 24 heavy (non-hydrogen) atoms. The second kappa shape index (κ2) is 8.38. The highest BCUT2D eigenvalue weighted by molar-refractivity contribution is 5.76. The number of hydrogen-bond donors (Lipinski definition) is 0. The number of methoxy groups -OCH3 is 1. The summed E-state index contributed by atoms with van der Waals surface area (Å²) in [6, 6.07) is 8.11. The number of carbonyl (C=O) groups excluding carboxylic acids is 1. The van der Waals surface area contributed by atoms with Gasteiger partial charge in [-0.3, -0.25) is 4.79 Å². The highest BCUT2D eigenvalue weighted by Gasteiger charge is 2.23. The lowest BCUT2D eigenvalue weighted by Crippen LogP contribution is -2.49. The number of ether oxygens (including phenoxy) is 1. The molecule has 1 aromatic carbocycles. The minimum Gasteiger partial charge on any atom is -0.495 e. The van der Waals surface area contributed by atoms with E-state index in [1.165, 1.54) is 19.3 Å². The predicted octanol–water partition coefficient (Wildman–Crippen LogP) is 2.22. The number of carbonyl (C=O) groups is 1. The summed E-state index contributed by atoms with van der Waals surface area (Å²) in [5.74, 6) is 1.21. The average molecular weight is 331 g/mol. The van der Waals surface area contributed by atoms with Crippen LogP contribution in [-0.2, 0) is 4.79 Å². The number of rotatable bonds is 5. The molecule has 1 aromatic rings. The van der Waals surface area contributed by atoms with E-state index in [2.05, 4.69) is 15.9 Å². The zero-order valence-corrected chi connectivity index (χ0v) is 14.7. The molecule has 0 aromatic heterocycles. The van der Waals surface area contributed by atoms with E-state index in [1.807, 2.05) is 23.1 Å². The minimum atomic E-state index is 0.306. The quantitative estimate of drug-likeness (QED) is 0.829. The summed E-state index contributed by atoms with van der Waals surface area (Å²) in [6.45, 7) is 6.59. The number of nitrogens with zero attached hydrogens (tertiary/aromatic N) is 3. The van der Waals surface area contributed by atoms with Crippen LogP contribution in [0, 0.1) is 0 Å². The lowest BCUT2D eigenvalue weighted by atomic mass is 10.1. The van der Waals surface area contributed by atoms with Crippen molar-refractivity contribution in [2.45, 2.75) is 25.7 Å². The standard InChI is InChI=1S/C19H29N3O2/c1-24-18-8-4-3-7-17(18)21-13-15-22(16-14-21)19(23)9-12-20-10-5-2-6-11-20/h3-4,7-8H,2,5-6,9-16H2,1H3. The number of piperazine rings is 1. The van der Waals surface area contributed by atoms with Gasteiger partial charge < -0.3 is 19.4 Å². The van der Waals surface area contributed by atoms with Crippen LogP contribution in [0.2, 0.25) is 0 Å².